The van der Waals surface area contributed by atoms with Crippen LogP contribution in [0.3, 0.4) is 0 Å². The van der Waals surface area contributed by atoms with Crippen LogP contribution in [0.15, 0.2) is 56.4 Å². The van der Waals surface area contributed by atoms with Crippen LogP contribution in [0.5, 0.6) is 0 Å². The van der Waals surface area contributed by atoms with Gasteiger partial charge in [-0.3, -0.25) is 14.3 Å². The number of benzene rings is 1. The molecule has 0 bridgehead atoms. The second-order valence-electron chi connectivity index (χ2n) is 4.25. The summed E-state index contributed by atoms with van der Waals surface area (Å²) >= 11 is 0. The van der Waals surface area contributed by atoms with Gasteiger partial charge in [-0.2, -0.15) is 0 Å². The van der Waals surface area contributed by atoms with Crippen LogP contribution in [0, 0.1) is 0 Å². The molecule has 1 amide bonds. The molecule has 7 heteroatoms. The standard InChI is InChI=1S/C14H11N3O4/c18-13(15-8-11-16-14(19)21-17-11)12-10(6-7-20-12)9-4-2-1-3-5-9/h1-7H,8H2,(H,15,18)(H,16,17,19). The Bertz CT molecular complexity index is 801. The Labute approximate surface area is 118 Å². The number of furan rings is 1. The summed E-state index contributed by atoms with van der Waals surface area (Å²) in [5.41, 5.74) is 1.58. The number of nitrogens with one attached hydrogen (secondary N) is 2. The van der Waals surface area contributed by atoms with E-state index in [9.17, 15) is 9.59 Å². The van der Waals surface area contributed by atoms with Crippen molar-refractivity contribution in [2.75, 3.05) is 0 Å². The number of hydrogen-bond donors (Lipinski definition) is 2. The quantitative estimate of drug-likeness (QED) is 0.757. The van der Waals surface area contributed by atoms with Gasteiger partial charge in [0.15, 0.2) is 11.6 Å². The molecule has 0 aliphatic rings. The van der Waals surface area contributed by atoms with E-state index in [2.05, 4.69) is 20.0 Å². The molecular weight excluding hydrogens is 274 g/mol. The Hall–Kier alpha value is -3.09. The van der Waals surface area contributed by atoms with E-state index in [0.717, 1.165) is 5.56 Å². The van der Waals surface area contributed by atoms with Gasteiger partial charge in [0.2, 0.25) is 0 Å². The highest BCUT2D eigenvalue weighted by Crippen LogP contribution is 2.24. The number of carbonyl (C=O) groups is 1. The molecule has 0 fully saturated rings. The lowest BCUT2D eigenvalue weighted by molar-refractivity contribution is 0.0923. The average molecular weight is 285 g/mol. The second-order valence-corrected chi connectivity index (χ2v) is 4.25. The van der Waals surface area contributed by atoms with E-state index in [0.29, 0.717) is 5.56 Å². The highest BCUT2D eigenvalue weighted by Gasteiger charge is 2.16. The fraction of sp³-hybridized carbons (Fsp3) is 0.0714. The highest BCUT2D eigenvalue weighted by molar-refractivity contribution is 5.98. The molecule has 1 aromatic carbocycles. The molecule has 0 saturated heterocycles. The zero-order valence-corrected chi connectivity index (χ0v) is 10.8. The van der Waals surface area contributed by atoms with Gasteiger partial charge >= 0.3 is 5.76 Å². The van der Waals surface area contributed by atoms with Gasteiger partial charge in [-0.25, -0.2) is 4.79 Å². The molecular formula is C14H11N3O4. The van der Waals surface area contributed by atoms with Crippen molar-refractivity contribution in [3.8, 4) is 11.1 Å². The molecule has 0 aliphatic carbocycles. The number of rotatable bonds is 4. The van der Waals surface area contributed by atoms with E-state index >= 15 is 0 Å². The van der Waals surface area contributed by atoms with Crippen molar-refractivity contribution in [2.45, 2.75) is 6.54 Å². The van der Waals surface area contributed by atoms with E-state index in [-0.39, 0.29) is 18.1 Å². The maximum Gasteiger partial charge on any atom is 0.438 e. The van der Waals surface area contributed by atoms with E-state index in [1.807, 2.05) is 30.3 Å². The summed E-state index contributed by atoms with van der Waals surface area (Å²) < 4.78 is 9.59. The van der Waals surface area contributed by atoms with Crippen LogP contribution in [0.25, 0.3) is 11.1 Å². The Morgan fingerprint density at radius 1 is 1.24 bits per heavy atom. The van der Waals surface area contributed by atoms with Gasteiger partial charge in [-0.1, -0.05) is 35.5 Å². The van der Waals surface area contributed by atoms with Crippen molar-refractivity contribution in [3.05, 3.63) is 64.8 Å². The summed E-state index contributed by atoms with van der Waals surface area (Å²) in [6.45, 7) is 0.0412. The Morgan fingerprint density at radius 3 is 2.76 bits per heavy atom. The minimum atomic E-state index is -0.665. The van der Waals surface area contributed by atoms with Crippen LogP contribution in [0.2, 0.25) is 0 Å². The van der Waals surface area contributed by atoms with Gasteiger partial charge < -0.3 is 9.73 Å². The maximum atomic E-state index is 12.1. The van der Waals surface area contributed by atoms with Crippen molar-refractivity contribution in [1.82, 2.24) is 15.5 Å². The lowest BCUT2D eigenvalue weighted by atomic mass is 10.1. The van der Waals surface area contributed by atoms with Crippen LogP contribution >= 0.6 is 0 Å². The molecule has 2 heterocycles. The van der Waals surface area contributed by atoms with Gasteiger partial charge in [-0.05, 0) is 11.6 Å². The molecule has 0 atom stereocenters. The zero-order valence-electron chi connectivity index (χ0n) is 10.8. The number of aromatic amines is 1. The average Bonchev–Trinajstić information content (AvgIpc) is 3.14. The molecule has 2 N–H and O–H groups in total. The molecule has 3 rings (SSSR count). The largest absolute Gasteiger partial charge is 0.459 e. The van der Waals surface area contributed by atoms with Crippen molar-refractivity contribution in [2.24, 2.45) is 0 Å². The van der Waals surface area contributed by atoms with E-state index in [1.54, 1.807) is 6.07 Å². The van der Waals surface area contributed by atoms with Gasteiger partial charge in [0.1, 0.15) is 0 Å². The third-order valence-electron chi connectivity index (χ3n) is 2.86. The highest BCUT2D eigenvalue weighted by atomic mass is 16.5. The lowest BCUT2D eigenvalue weighted by Crippen LogP contribution is -2.23. The van der Waals surface area contributed by atoms with Gasteiger partial charge in [0, 0.05) is 5.56 Å². The predicted octanol–water partition coefficient (Wildman–Crippen LogP) is 1.55. The Balaban J connectivity index is 1.77. The van der Waals surface area contributed by atoms with E-state index in [1.165, 1.54) is 6.26 Å². The Kier molecular flexibility index (Phi) is 3.38. The first-order valence-corrected chi connectivity index (χ1v) is 6.20. The van der Waals surface area contributed by atoms with Crippen LogP contribution in [0.4, 0.5) is 0 Å². The molecule has 0 spiro atoms. The first-order chi connectivity index (χ1) is 10.2. The molecule has 0 radical (unpaired) electrons. The first-order valence-electron chi connectivity index (χ1n) is 6.20. The third kappa shape index (κ3) is 2.76. The summed E-state index contributed by atoms with van der Waals surface area (Å²) in [6, 6.07) is 11.1. The first kappa shape index (κ1) is 12.9. The van der Waals surface area contributed by atoms with Crippen LogP contribution in [0.1, 0.15) is 16.4 Å². The van der Waals surface area contributed by atoms with E-state index < -0.39 is 11.7 Å². The number of amides is 1. The summed E-state index contributed by atoms with van der Waals surface area (Å²) in [4.78, 5) is 25.3. The monoisotopic (exact) mass is 285 g/mol. The van der Waals surface area contributed by atoms with Crippen molar-refractivity contribution in [1.29, 1.82) is 0 Å². The van der Waals surface area contributed by atoms with Crippen molar-refractivity contribution < 1.29 is 13.7 Å². The molecule has 0 saturated carbocycles. The molecule has 0 aliphatic heterocycles. The molecule has 7 nitrogen and oxygen atoms in total. The lowest BCUT2D eigenvalue weighted by Gasteiger charge is -2.03. The number of hydrogen-bond acceptors (Lipinski definition) is 5. The van der Waals surface area contributed by atoms with E-state index in [4.69, 9.17) is 4.42 Å². The van der Waals surface area contributed by atoms with Crippen molar-refractivity contribution >= 4 is 5.91 Å². The number of aromatic nitrogens is 2. The minimum Gasteiger partial charge on any atom is -0.459 e. The van der Waals surface area contributed by atoms with Crippen LogP contribution in [-0.4, -0.2) is 16.0 Å². The second kappa shape index (κ2) is 5.49. The SMILES string of the molecule is O=C(NCc1noc(=O)[nH]1)c1occc1-c1ccccc1. The summed E-state index contributed by atoms with van der Waals surface area (Å²) in [6.07, 6.45) is 1.45. The topological polar surface area (TPSA) is 101 Å². The molecule has 3 aromatic rings. The van der Waals surface area contributed by atoms with Crippen LogP contribution < -0.4 is 11.1 Å². The summed E-state index contributed by atoms with van der Waals surface area (Å²) in [7, 11) is 0. The minimum absolute atomic E-state index is 0.0412. The number of H-pyrrole nitrogens is 1. The number of carbonyl (C=O) groups excluding carboxylic acids is 1. The fourth-order valence-electron chi connectivity index (χ4n) is 1.91. The zero-order chi connectivity index (χ0) is 14.7. The smallest absolute Gasteiger partial charge is 0.438 e. The van der Waals surface area contributed by atoms with Gasteiger partial charge in [0.25, 0.3) is 5.91 Å². The molecule has 106 valence electrons. The van der Waals surface area contributed by atoms with Gasteiger partial charge in [0.05, 0.1) is 12.8 Å². The third-order valence-corrected chi connectivity index (χ3v) is 2.86. The molecule has 0 unspecified atom stereocenters. The predicted molar refractivity (Wildman–Crippen MR) is 72.4 cm³/mol. The van der Waals surface area contributed by atoms with Crippen LogP contribution in [-0.2, 0) is 6.54 Å². The maximum absolute atomic E-state index is 12.1. The number of nitrogens with zero attached hydrogens (tertiary/aromatic N) is 1. The molecule has 21 heavy (non-hydrogen) atoms. The van der Waals surface area contributed by atoms with Crippen molar-refractivity contribution in [3.63, 3.8) is 0 Å². The summed E-state index contributed by atoms with van der Waals surface area (Å²) in [5.74, 6) is -0.627. The van der Waals surface area contributed by atoms with Gasteiger partial charge in [-0.15, -0.1) is 0 Å². The Morgan fingerprint density at radius 2 is 2.05 bits per heavy atom. The molecule has 2 aromatic heterocycles. The fourth-order valence-corrected chi connectivity index (χ4v) is 1.91. The normalized spacial score (nSPS) is 10.5. The summed E-state index contributed by atoms with van der Waals surface area (Å²) in [5, 5.41) is 6.06.